The number of hydrogen-bond acceptors (Lipinski definition) is 2. The van der Waals surface area contributed by atoms with Crippen LogP contribution in [0.3, 0.4) is 0 Å². The van der Waals surface area contributed by atoms with Crippen LogP contribution in [-0.2, 0) is 11.3 Å². The molecular weight excluding hydrogens is 296 g/mol. The molecule has 1 aliphatic heterocycles. The summed E-state index contributed by atoms with van der Waals surface area (Å²) in [6.07, 6.45) is 0. The van der Waals surface area contributed by atoms with E-state index in [9.17, 15) is 4.79 Å². The van der Waals surface area contributed by atoms with E-state index in [-0.39, 0.29) is 11.9 Å². The fourth-order valence-corrected chi connectivity index (χ4v) is 3.52. The van der Waals surface area contributed by atoms with Crippen molar-refractivity contribution in [2.24, 2.45) is 0 Å². The molecule has 1 saturated heterocycles. The molecule has 0 spiro atoms. The molecule has 2 aromatic rings. The van der Waals surface area contributed by atoms with Crippen molar-refractivity contribution in [3.05, 3.63) is 64.7 Å². The molecule has 24 heavy (non-hydrogen) atoms. The lowest BCUT2D eigenvalue weighted by Gasteiger charge is -2.39. The van der Waals surface area contributed by atoms with Gasteiger partial charge in [-0.1, -0.05) is 47.5 Å². The van der Waals surface area contributed by atoms with Crippen molar-refractivity contribution < 1.29 is 4.79 Å². The van der Waals surface area contributed by atoms with Gasteiger partial charge in [0.2, 0.25) is 5.91 Å². The quantitative estimate of drug-likeness (QED) is 0.857. The third kappa shape index (κ3) is 3.36. The van der Waals surface area contributed by atoms with Gasteiger partial charge in [-0.25, -0.2) is 0 Å². The van der Waals surface area contributed by atoms with Crippen LogP contribution in [0.15, 0.2) is 42.5 Å². The van der Waals surface area contributed by atoms with Crippen LogP contribution in [0.4, 0.5) is 5.69 Å². The molecule has 1 heterocycles. The standard InChI is InChI=1S/C21H26N2O/c1-15-6-5-7-19(13-15)14-22-10-11-23(21(24)18(22)4)20-9-8-16(2)12-17(20)3/h5-9,12-13,18H,10-11,14H2,1-4H3/t18-/m1/s1. The second-order valence-corrected chi connectivity index (χ2v) is 6.92. The van der Waals surface area contributed by atoms with Crippen LogP contribution in [-0.4, -0.2) is 29.9 Å². The second kappa shape index (κ2) is 6.78. The van der Waals surface area contributed by atoms with Crippen LogP contribution in [0.1, 0.15) is 29.2 Å². The monoisotopic (exact) mass is 322 g/mol. The molecule has 0 N–H and O–H groups in total. The molecule has 1 fully saturated rings. The van der Waals surface area contributed by atoms with E-state index < -0.39 is 0 Å². The Morgan fingerprint density at radius 3 is 2.46 bits per heavy atom. The molecular formula is C21H26N2O. The van der Waals surface area contributed by atoms with Gasteiger partial charge in [0.15, 0.2) is 0 Å². The summed E-state index contributed by atoms with van der Waals surface area (Å²) in [4.78, 5) is 17.1. The Morgan fingerprint density at radius 2 is 1.75 bits per heavy atom. The number of carbonyl (C=O) groups excluding carboxylic acids is 1. The first-order valence-electron chi connectivity index (χ1n) is 8.64. The first kappa shape index (κ1) is 16.7. The van der Waals surface area contributed by atoms with E-state index in [0.717, 1.165) is 25.3 Å². The van der Waals surface area contributed by atoms with Gasteiger partial charge in [-0.2, -0.15) is 0 Å². The zero-order valence-electron chi connectivity index (χ0n) is 15.0. The molecule has 3 nitrogen and oxygen atoms in total. The number of rotatable bonds is 3. The first-order chi connectivity index (χ1) is 11.5. The Balaban J connectivity index is 1.76. The summed E-state index contributed by atoms with van der Waals surface area (Å²) in [5.74, 6) is 0.195. The number of anilines is 1. The Kier molecular flexibility index (Phi) is 4.72. The van der Waals surface area contributed by atoms with Crippen LogP contribution >= 0.6 is 0 Å². The van der Waals surface area contributed by atoms with Gasteiger partial charge in [-0.15, -0.1) is 0 Å². The lowest BCUT2D eigenvalue weighted by molar-refractivity contribution is -0.125. The van der Waals surface area contributed by atoms with E-state index in [2.05, 4.69) is 68.1 Å². The highest BCUT2D eigenvalue weighted by Crippen LogP contribution is 2.25. The predicted molar refractivity (Wildman–Crippen MR) is 99.3 cm³/mol. The highest BCUT2D eigenvalue weighted by Gasteiger charge is 2.32. The minimum atomic E-state index is -0.0973. The summed E-state index contributed by atoms with van der Waals surface area (Å²) in [6, 6.07) is 14.7. The molecule has 1 aliphatic rings. The number of benzene rings is 2. The fourth-order valence-electron chi connectivity index (χ4n) is 3.52. The minimum absolute atomic E-state index is 0.0973. The van der Waals surface area contributed by atoms with Gasteiger partial charge < -0.3 is 4.90 Å². The topological polar surface area (TPSA) is 23.6 Å². The van der Waals surface area contributed by atoms with Crippen molar-refractivity contribution in [3.8, 4) is 0 Å². The van der Waals surface area contributed by atoms with Gasteiger partial charge in [0, 0.05) is 25.3 Å². The summed E-state index contributed by atoms with van der Waals surface area (Å²) in [6.45, 7) is 10.8. The van der Waals surface area contributed by atoms with Crippen LogP contribution in [0.2, 0.25) is 0 Å². The zero-order valence-corrected chi connectivity index (χ0v) is 15.0. The van der Waals surface area contributed by atoms with E-state index in [0.29, 0.717) is 0 Å². The van der Waals surface area contributed by atoms with Crippen LogP contribution < -0.4 is 4.90 Å². The van der Waals surface area contributed by atoms with E-state index in [1.165, 1.54) is 22.3 Å². The Hall–Kier alpha value is -2.13. The highest BCUT2D eigenvalue weighted by molar-refractivity contribution is 5.98. The Labute approximate surface area is 144 Å². The molecule has 0 unspecified atom stereocenters. The predicted octanol–water partition coefficient (Wildman–Crippen LogP) is 3.85. The molecule has 3 rings (SSSR count). The highest BCUT2D eigenvalue weighted by atomic mass is 16.2. The van der Waals surface area contributed by atoms with Crippen molar-refractivity contribution in [1.82, 2.24) is 4.90 Å². The molecule has 0 saturated carbocycles. The molecule has 1 atom stereocenters. The van der Waals surface area contributed by atoms with Crippen molar-refractivity contribution in [3.63, 3.8) is 0 Å². The van der Waals surface area contributed by atoms with Gasteiger partial charge >= 0.3 is 0 Å². The van der Waals surface area contributed by atoms with Crippen molar-refractivity contribution >= 4 is 11.6 Å². The Morgan fingerprint density at radius 1 is 1.00 bits per heavy atom. The molecule has 1 amide bonds. The van der Waals surface area contributed by atoms with E-state index in [1.54, 1.807) is 0 Å². The van der Waals surface area contributed by atoms with Gasteiger partial charge in [0.1, 0.15) is 0 Å². The number of amides is 1. The largest absolute Gasteiger partial charge is 0.310 e. The molecule has 0 radical (unpaired) electrons. The SMILES string of the molecule is Cc1cccc(CN2CCN(c3ccc(C)cc3C)C(=O)[C@H]2C)c1. The first-order valence-corrected chi connectivity index (χ1v) is 8.64. The average molecular weight is 322 g/mol. The lowest BCUT2D eigenvalue weighted by Crippen LogP contribution is -2.55. The maximum Gasteiger partial charge on any atom is 0.244 e. The maximum absolute atomic E-state index is 12.9. The van der Waals surface area contributed by atoms with Crippen molar-refractivity contribution in [2.75, 3.05) is 18.0 Å². The lowest BCUT2D eigenvalue weighted by atomic mass is 10.1. The summed E-state index contributed by atoms with van der Waals surface area (Å²) < 4.78 is 0. The Bertz CT molecular complexity index is 753. The summed E-state index contributed by atoms with van der Waals surface area (Å²) >= 11 is 0. The molecule has 3 heteroatoms. The van der Waals surface area contributed by atoms with Gasteiger partial charge in [-0.3, -0.25) is 9.69 Å². The smallest absolute Gasteiger partial charge is 0.244 e. The molecule has 2 aromatic carbocycles. The van der Waals surface area contributed by atoms with Crippen molar-refractivity contribution in [1.29, 1.82) is 0 Å². The summed E-state index contributed by atoms with van der Waals surface area (Å²) in [7, 11) is 0. The van der Waals surface area contributed by atoms with E-state index in [4.69, 9.17) is 0 Å². The number of aryl methyl sites for hydroxylation is 3. The molecule has 126 valence electrons. The molecule has 0 bridgehead atoms. The summed E-state index contributed by atoms with van der Waals surface area (Å²) in [5.41, 5.74) is 5.99. The molecule has 0 aromatic heterocycles. The van der Waals surface area contributed by atoms with Crippen LogP contribution in [0, 0.1) is 20.8 Å². The van der Waals surface area contributed by atoms with E-state index in [1.807, 2.05) is 11.8 Å². The van der Waals surface area contributed by atoms with Crippen LogP contribution in [0.5, 0.6) is 0 Å². The summed E-state index contributed by atoms with van der Waals surface area (Å²) in [5, 5.41) is 0. The zero-order chi connectivity index (χ0) is 17.3. The second-order valence-electron chi connectivity index (χ2n) is 6.92. The third-order valence-electron chi connectivity index (χ3n) is 4.89. The number of nitrogens with zero attached hydrogens (tertiary/aromatic N) is 2. The fraction of sp³-hybridized carbons (Fsp3) is 0.381. The minimum Gasteiger partial charge on any atom is -0.310 e. The normalized spacial score (nSPS) is 18.9. The van der Waals surface area contributed by atoms with Gasteiger partial charge in [0.05, 0.1) is 6.04 Å². The maximum atomic E-state index is 12.9. The van der Waals surface area contributed by atoms with Gasteiger partial charge in [0.25, 0.3) is 0 Å². The number of hydrogen-bond donors (Lipinski definition) is 0. The van der Waals surface area contributed by atoms with Crippen LogP contribution in [0.25, 0.3) is 0 Å². The number of piperazine rings is 1. The third-order valence-corrected chi connectivity index (χ3v) is 4.89. The average Bonchev–Trinajstić information content (AvgIpc) is 2.53. The van der Waals surface area contributed by atoms with Gasteiger partial charge in [-0.05, 0) is 44.9 Å². The number of carbonyl (C=O) groups is 1. The van der Waals surface area contributed by atoms with Crippen molar-refractivity contribution in [2.45, 2.75) is 40.3 Å². The van der Waals surface area contributed by atoms with E-state index >= 15 is 0 Å². The molecule has 0 aliphatic carbocycles.